The number of nitrogens with two attached hydrogens (primary N) is 1. The number of halogens is 3. The molecule has 1 unspecified atom stereocenters. The van der Waals surface area contributed by atoms with Crippen molar-refractivity contribution in [3.05, 3.63) is 58.9 Å². The van der Waals surface area contributed by atoms with E-state index in [9.17, 15) is 31.2 Å². The summed E-state index contributed by atoms with van der Waals surface area (Å²) in [6.07, 6.45) is -2.30. The molecule has 9 nitrogen and oxygen atoms in total. The Kier molecular flexibility index (Phi) is 10.1. The highest BCUT2D eigenvalue weighted by atomic mass is 32.2. The third-order valence-electron chi connectivity index (χ3n) is 8.46. The van der Waals surface area contributed by atoms with Crippen molar-refractivity contribution in [3.63, 3.8) is 0 Å². The maximum absolute atomic E-state index is 13.3. The zero-order valence-corrected chi connectivity index (χ0v) is 25.4. The minimum absolute atomic E-state index is 0.0120. The SMILES string of the molecule is CCS(=O)(=O)c1ccc([C@H](COC(N)=O)NC(=O)c2cnc3c(c2)CN(CC2CCC(C(F)(F)F)CC2)C3C(C)C)cc1. The van der Waals surface area contributed by atoms with Crippen LogP contribution in [0.15, 0.2) is 41.4 Å². The molecular formula is C30H39F3N4O5S. The first-order valence-electron chi connectivity index (χ1n) is 14.5. The summed E-state index contributed by atoms with van der Waals surface area (Å²) < 4.78 is 68.8. The number of sulfone groups is 1. The van der Waals surface area contributed by atoms with Gasteiger partial charge < -0.3 is 15.8 Å². The van der Waals surface area contributed by atoms with Gasteiger partial charge in [0.25, 0.3) is 5.91 Å². The van der Waals surface area contributed by atoms with Gasteiger partial charge in [-0.15, -0.1) is 0 Å². The molecule has 43 heavy (non-hydrogen) atoms. The van der Waals surface area contributed by atoms with E-state index in [4.69, 9.17) is 10.5 Å². The maximum Gasteiger partial charge on any atom is 0.404 e. The molecule has 1 aliphatic carbocycles. The third-order valence-corrected chi connectivity index (χ3v) is 10.2. The molecule has 0 spiro atoms. The van der Waals surface area contributed by atoms with Crippen molar-refractivity contribution in [1.82, 2.24) is 15.2 Å². The van der Waals surface area contributed by atoms with Crippen LogP contribution in [0.25, 0.3) is 0 Å². The van der Waals surface area contributed by atoms with Crippen molar-refractivity contribution in [2.75, 3.05) is 18.9 Å². The first-order chi connectivity index (χ1) is 20.2. The van der Waals surface area contributed by atoms with E-state index in [0.717, 1.165) is 11.3 Å². The lowest BCUT2D eigenvalue weighted by molar-refractivity contribution is -0.184. The van der Waals surface area contributed by atoms with Crippen molar-refractivity contribution < 1.29 is 35.9 Å². The Morgan fingerprint density at radius 1 is 1.14 bits per heavy atom. The van der Waals surface area contributed by atoms with E-state index in [1.54, 1.807) is 25.1 Å². The minimum atomic E-state index is -4.14. The molecule has 13 heteroatoms. The van der Waals surface area contributed by atoms with Gasteiger partial charge in [0.1, 0.15) is 6.61 Å². The van der Waals surface area contributed by atoms with Gasteiger partial charge in [0, 0.05) is 19.3 Å². The van der Waals surface area contributed by atoms with E-state index >= 15 is 0 Å². The van der Waals surface area contributed by atoms with E-state index in [0.29, 0.717) is 37.1 Å². The van der Waals surface area contributed by atoms with Gasteiger partial charge in [-0.25, -0.2) is 13.2 Å². The molecule has 236 valence electrons. The lowest BCUT2D eigenvalue weighted by atomic mass is 9.81. The number of fused-ring (bicyclic) bond motifs is 1. The average Bonchev–Trinajstić information content (AvgIpc) is 3.32. The largest absolute Gasteiger partial charge is 0.447 e. The van der Waals surface area contributed by atoms with Crippen molar-refractivity contribution in [3.8, 4) is 0 Å². The molecule has 1 aliphatic heterocycles. The van der Waals surface area contributed by atoms with Gasteiger partial charge >= 0.3 is 12.3 Å². The summed E-state index contributed by atoms with van der Waals surface area (Å²) in [5.74, 6) is -1.38. The fraction of sp³-hybridized carbons (Fsp3) is 0.567. The second-order valence-electron chi connectivity index (χ2n) is 11.8. The van der Waals surface area contributed by atoms with Crippen LogP contribution in [-0.4, -0.2) is 55.4 Å². The molecule has 1 aromatic carbocycles. The molecule has 2 amide bonds. The number of hydrogen-bond donors (Lipinski definition) is 2. The summed E-state index contributed by atoms with van der Waals surface area (Å²) in [5, 5.41) is 2.83. The number of nitrogens with one attached hydrogen (secondary N) is 1. The number of alkyl halides is 3. The normalized spacial score (nSPS) is 21.8. The van der Waals surface area contributed by atoms with Gasteiger partial charge in [0.15, 0.2) is 9.84 Å². The number of amides is 2. The smallest absolute Gasteiger partial charge is 0.404 e. The summed E-state index contributed by atoms with van der Waals surface area (Å²) in [4.78, 5) is 31.7. The molecule has 4 rings (SSSR count). The van der Waals surface area contributed by atoms with Crippen LogP contribution in [0.5, 0.6) is 0 Å². The number of carbonyl (C=O) groups excluding carboxylic acids is 2. The van der Waals surface area contributed by atoms with E-state index in [2.05, 4.69) is 29.0 Å². The molecular weight excluding hydrogens is 585 g/mol. The van der Waals surface area contributed by atoms with E-state index in [-0.39, 0.29) is 48.0 Å². The van der Waals surface area contributed by atoms with Gasteiger partial charge in [-0.05, 0) is 66.8 Å². The molecule has 1 saturated carbocycles. The van der Waals surface area contributed by atoms with E-state index in [1.165, 1.54) is 18.3 Å². The van der Waals surface area contributed by atoms with Crippen molar-refractivity contribution in [2.24, 2.45) is 23.5 Å². The Labute approximate surface area is 250 Å². The Hall–Kier alpha value is -3.19. The first kappa shape index (κ1) is 32.7. The number of rotatable bonds is 10. The number of primary amides is 1. The number of hydrogen-bond acceptors (Lipinski definition) is 7. The van der Waals surface area contributed by atoms with Crippen molar-refractivity contribution in [2.45, 2.75) is 76.2 Å². The van der Waals surface area contributed by atoms with E-state index in [1.807, 2.05) is 0 Å². The fourth-order valence-electron chi connectivity index (χ4n) is 6.15. The summed E-state index contributed by atoms with van der Waals surface area (Å²) >= 11 is 0. The molecule has 0 radical (unpaired) electrons. The van der Waals surface area contributed by atoms with Crippen LogP contribution in [0.3, 0.4) is 0 Å². The Balaban J connectivity index is 1.48. The van der Waals surface area contributed by atoms with Crippen LogP contribution >= 0.6 is 0 Å². The molecule has 2 atom stereocenters. The topological polar surface area (TPSA) is 132 Å². The molecule has 3 N–H and O–H groups in total. The number of nitrogens with zero attached hydrogens (tertiary/aromatic N) is 2. The highest BCUT2D eigenvalue weighted by Crippen LogP contribution is 2.43. The predicted molar refractivity (Wildman–Crippen MR) is 154 cm³/mol. The van der Waals surface area contributed by atoms with Gasteiger partial charge in [-0.1, -0.05) is 32.9 Å². The summed E-state index contributed by atoms with van der Waals surface area (Å²) in [7, 11) is -3.42. The van der Waals surface area contributed by atoms with Crippen LogP contribution < -0.4 is 11.1 Å². The summed E-state index contributed by atoms with van der Waals surface area (Å²) in [6, 6.07) is 6.92. The zero-order valence-electron chi connectivity index (χ0n) is 24.6. The summed E-state index contributed by atoms with van der Waals surface area (Å²) in [5.41, 5.74) is 7.70. The molecule has 1 aromatic heterocycles. The average molecular weight is 625 g/mol. The zero-order chi connectivity index (χ0) is 31.5. The number of pyridine rings is 1. The number of ether oxygens (including phenoxy) is 1. The maximum atomic E-state index is 13.3. The second-order valence-corrected chi connectivity index (χ2v) is 14.1. The van der Waals surface area contributed by atoms with Crippen LogP contribution in [0.1, 0.15) is 85.7 Å². The van der Waals surface area contributed by atoms with Crippen LogP contribution in [0.2, 0.25) is 0 Å². The van der Waals surface area contributed by atoms with Gasteiger partial charge in [0.05, 0.1) is 39.9 Å². The standard InChI is InChI=1S/C30H39F3N4O5S/c1-4-43(40,41)24-11-7-20(8-12-24)25(17-42-29(34)39)36-28(38)21-13-22-16-37(27(18(2)3)26(22)35-14-21)15-19-5-9-23(10-6-19)30(31,32)33/h7-8,11-14,18-19,23,25,27H,4-6,9-10,15-17H2,1-3H3,(H2,34,39)(H,36,38)/t19?,23?,25-,27?/m0/s1. The van der Waals surface area contributed by atoms with Crippen LogP contribution in [0, 0.1) is 17.8 Å². The van der Waals surface area contributed by atoms with Gasteiger partial charge in [-0.3, -0.25) is 14.7 Å². The lowest BCUT2D eigenvalue weighted by Gasteiger charge is -2.35. The number of aromatic nitrogens is 1. The summed E-state index contributed by atoms with van der Waals surface area (Å²) in [6.45, 7) is 6.64. The monoisotopic (exact) mass is 624 g/mol. The molecule has 2 aliphatic rings. The third kappa shape index (κ3) is 7.86. The molecule has 0 saturated heterocycles. The first-order valence-corrected chi connectivity index (χ1v) is 16.2. The van der Waals surface area contributed by atoms with Crippen LogP contribution in [0.4, 0.5) is 18.0 Å². The van der Waals surface area contributed by atoms with Crippen molar-refractivity contribution >= 4 is 21.8 Å². The predicted octanol–water partition coefficient (Wildman–Crippen LogP) is 5.32. The highest BCUT2D eigenvalue weighted by Gasteiger charge is 2.42. The van der Waals surface area contributed by atoms with Gasteiger partial charge in [0.2, 0.25) is 0 Å². The molecule has 1 fully saturated rings. The fourth-order valence-corrected chi connectivity index (χ4v) is 7.03. The molecule has 2 heterocycles. The minimum Gasteiger partial charge on any atom is -0.447 e. The number of benzene rings is 1. The highest BCUT2D eigenvalue weighted by molar-refractivity contribution is 7.91. The molecule has 0 bridgehead atoms. The lowest BCUT2D eigenvalue weighted by Crippen LogP contribution is -2.35. The van der Waals surface area contributed by atoms with Crippen LogP contribution in [-0.2, 0) is 21.1 Å². The van der Waals surface area contributed by atoms with Crippen molar-refractivity contribution in [1.29, 1.82) is 0 Å². The Morgan fingerprint density at radius 3 is 2.35 bits per heavy atom. The Morgan fingerprint density at radius 2 is 1.79 bits per heavy atom. The van der Waals surface area contributed by atoms with Gasteiger partial charge in [-0.2, -0.15) is 13.2 Å². The quantitative estimate of drug-likeness (QED) is 0.366. The Bertz CT molecular complexity index is 1410. The van der Waals surface area contributed by atoms with E-state index < -0.39 is 40.0 Å². The molecule has 2 aromatic rings. The second kappa shape index (κ2) is 13.2. The number of carbonyl (C=O) groups is 2.